The van der Waals surface area contributed by atoms with Crippen molar-refractivity contribution in [3.63, 3.8) is 0 Å². The molecule has 3 saturated carbocycles. The molecule has 1 N–H and O–H groups in total. The molecule has 0 aromatic heterocycles. The second kappa shape index (κ2) is 3.53. The van der Waals surface area contributed by atoms with Crippen LogP contribution in [0.3, 0.4) is 0 Å². The van der Waals surface area contributed by atoms with E-state index in [1.165, 1.54) is 25.7 Å². The lowest BCUT2D eigenvalue weighted by atomic mass is 9.43. The minimum atomic E-state index is -0.0345. The highest BCUT2D eigenvalue weighted by molar-refractivity contribution is 6.47. The van der Waals surface area contributed by atoms with Crippen LogP contribution in [-0.4, -0.2) is 31.3 Å². The average Bonchev–Trinajstić information content (AvgIpc) is 2.92. The van der Waals surface area contributed by atoms with Crippen LogP contribution in [-0.2, 0) is 9.31 Å². The van der Waals surface area contributed by atoms with Gasteiger partial charge in [-0.1, -0.05) is 13.8 Å². The van der Waals surface area contributed by atoms with E-state index in [2.05, 4.69) is 26.1 Å². The second-order valence-corrected chi connectivity index (χ2v) is 7.54. The van der Waals surface area contributed by atoms with E-state index in [-0.39, 0.29) is 12.7 Å². The lowest BCUT2D eigenvalue weighted by Crippen LogP contribution is -2.65. The molecule has 2 unspecified atom stereocenters. The fourth-order valence-corrected chi connectivity index (χ4v) is 5.01. The van der Waals surface area contributed by atoms with Crippen molar-refractivity contribution in [3.05, 3.63) is 0 Å². The molecule has 0 spiro atoms. The molecular weight excluding hydrogens is 225 g/mol. The van der Waals surface area contributed by atoms with Gasteiger partial charge in [0, 0.05) is 5.94 Å². The molecule has 2 aliphatic heterocycles. The lowest BCUT2D eigenvalue weighted by molar-refractivity contribution is -0.199. The van der Waals surface area contributed by atoms with E-state index in [0.717, 1.165) is 12.5 Å². The van der Waals surface area contributed by atoms with Crippen molar-refractivity contribution in [3.8, 4) is 0 Å². The van der Waals surface area contributed by atoms with Crippen LogP contribution in [0.1, 0.15) is 46.5 Å². The summed E-state index contributed by atoms with van der Waals surface area (Å²) in [6, 6.07) is 0. The Kier molecular flexibility index (Phi) is 2.30. The Morgan fingerprint density at radius 3 is 2.72 bits per heavy atom. The Morgan fingerprint density at radius 2 is 2.06 bits per heavy atom. The van der Waals surface area contributed by atoms with Gasteiger partial charge in [0.1, 0.15) is 0 Å². The standard InChI is InChI=1S/C14H24BNO2/c1-13(2)9-7-10(13)14(3)11(8-9)17-15(18-14)12-5-4-6-16-12/h9-12,16H,4-8H2,1-3H3/t9-,10?,11+,12?,14-/m0/s1. The molecule has 5 fully saturated rings. The average molecular weight is 249 g/mol. The Bertz CT molecular complexity index is 369. The first-order chi connectivity index (χ1) is 8.52. The number of rotatable bonds is 1. The van der Waals surface area contributed by atoms with E-state index in [1.807, 2.05) is 0 Å². The highest BCUT2D eigenvalue weighted by Gasteiger charge is 2.68. The van der Waals surface area contributed by atoms with Crippen LogP contribution >= 0.6 is 0 Å². The molecule has 0 radical (unpaired) electrons. The Morgan fingerprint density at radius 1 is 1.22 bits per heavy atom. The van der Waals surface area contributed by atoms with Crippen molar-refractivity contribution < 1.29 is 9.31 Å². The third-order valence-electron chi connectivity index (χ3n) is 6.40. The van der Waals surface area contributed by atoms with Crippen LogP contribution in [0.25, 0.3) is 0 Å². The first kappa shape index (κ1) is 11.7. The smallest absolute Gasteiger partial charge is 0.404 e. The van der Waals surface area contributed by atoms with Gasteiger partial charge in [0.15, 0.2) is 0 Å². The van der Waals surface area contributed by atoms with Gasteiger partial charge in [-0.2, -0.15) is 0 Å². The highest BCUT2D eigenvalue weighted by Crippen LogP contribution is 2.65. The van der Waals surface area contributed by atoms with E-state index in [4.69, 9.17) is 9.31 Å². The Balaban J connectivity index is 1.57. The highest BCUT2D eigenvalue weighted by atomic mass is 16.7. The lowest BCUT2D eigenvalue weighted by Gasteiger charge is -2.64. The molecule has 18 heavy (non-hydrogen) atoms. The number of hydrogen-bond donors (Lipinski definition) is 1. The van der Waals surface area contributed by atoms with Crippen LogP contribution < -0.4 is 5.32 Å². The van der Waals surface area contributed by atoms with E-state index >= 15 is 0 Å². The zero-order valence-electron chi connectivity index (χ0n) is 11.7. The minimum Gasteiger partial charge on any atom is -0.404 e. The summed E-state index contributed by atoms with van der Waals surface area (Å²) in [7, 11) is -0.00218. The first-order valence-corrected chi connectivity index (χ1v) is 7.58. The third kappa shape index (κ3) is 1.32. The Hall–Kier alpha value is -0.0551. The van der Waals surface area contributed by atoms with E-state index in [0.29, 0.717) is 23.4 Å². The zero-order chi connectivity index (χ0) is 12.5. The van der Waals surface area contributed by atoms with E-state index in [9.17, 15) is 0 Å². The van der Waals surface area contributed by atoms with Gasteiger partial charge in [0.25, 0.3) is 0 Å². The molecule has 3 aliphatic carbocycles. The van der Waals surface area contributed by atoms with Gasteiger partial charge in [-0.3, -0.25) is 0 Å². The SMILES string of the molecule is CC1(C)C2C[C@H]1C[C@H]1OB(C3CCCN3)O[C@@]21C. The molecule has 4 heteroatoms. The molecular formula is C14H24BNO2. The summed E-state index contributed by atoms with van der Waals surface area (Å²) < 4.78 is 12.7. The van der Waals surface area contributed by atoms with Crippen molar-refractivity contribution in [2.24, 2.45) is 17.3 Å². The van der Waals surface area contributed by atoms with Crippen molar-refractivity contribution in [2.45, 2.75) is 64.1 Å². The van der Waals surface area contributed by atoms with Crippen LogP contribution in [0.4, 0.5) is 0 Å². The maximum atomic E-state index is 6.44. The van der Waals surface area contributed by atoms with Gasteiger partial charge in [-0.05, 0) is 56.4 Å². The fourth-order valence-electron chi connectivity index (χ4n) is 5.01. The maximum absolute atomic E-state index is 6.44. The molecule has 5 aliphatic rings. The van der Waals surface area contributed by atoms with Crippen LogP contribution in [0.5, 0.6) is 0 Å². The fraction of sp³-hybridized carbons (Fsp3) is 1.00. The van der Waals surface area contributed by atoms with E-state index in [1.54, 1.807) is 0 Å². The topological polar surface area (TPSA) is 30.5 Å². The molecule has 0 amide bonds. The molecule has 5 atom stereocenters. The van der Waals surface area contributed by atoms with Crippen molar-refractivity contribution in [2.75, 3.05) is 6.54 Å². The van der Waals surface area contributed by atoms with Crippen molar-refractivity contribution >= 4 is 7.12 Å². The molecule has 0 aromatic rings. The van der Waals surface area contributed by atoms with Gasteiger partial charge in [0.2, 0.25) is 0 Å². The molecule has 5 rings (SSSR count). The number of nitrogens with one attached hydrogen (secondary N) is 1. The quantitative estimate of drug-likeness (QED) is 0.721. The maximum Gasteiger partial charge on any atom is 0.475 e. The normalized spacial score (nSPS) is 53.2. The van der Waals surface area contributed by atoms with Gasteiger partial charge in [0.05, 0.1) is 11.7 Å². The zero-order valence-corrected chi connectivity index (χ0v) is 11.7. The second-order valence-electron chi connectivity index (χ2n) is 7.54. The largest absolute Gasteiger partial charge is 0.475 e. The van der Waals surface area contributed by atoms with E-state index < -0.39 is 0 Å². The Labute approximate surface area is 110 Å². The predicted octanol–water partition coefficient (Wildman–Crippen LogP) is 2.01. The van der Waals surface area contributed by atoms with Gasteiger partial charge >= 0.3 is 7.12 Å². The molecule has 2 saturated heterocycles. The molecule has 0 aromatic carbocycles. The number of hydrogen-bond acceptors (Lipinski definition) is 3. The van der Waals surface area contributed by atoms with Gasteiger partial charge in [-0.25, -0.2) is 0 Å². The van der Waals surface area contributed by atoms with Gasteiger partial charge < -0.3 is 14.6 Å². The molecule has 2 heterocycles. The third-order valence-corrected chi connectivity index (χ3v) is 6.40. The summed E-state index contributed by atoms with van der Waals surface area (Å²) in [5.74, 6) is 1.95. The predicted molar refractivity (Wildman–Crippen MR) is 71.1 cm³/mol. The summed E-state index contributed by atoms with van der Waals surface area (Å²) >= 11 is 0. The summed E-state index contributed by atoms with van der Waals surface area (Å²) in [5.41, 5.74) is 0.416. The molecule has 100 valence electrons. The first-order valence-electron chi connectivity index (χ1n) is 7.58. The van der Waals surface area contributed by atoms with Crippen LogP contribution in [0.15, 0.2) is 0 Å². The van der Waals surface area contributed by atoms with Crippen LogP contribution in [0.2, 0.25) is 0 Å². The van der Waals surface area contributed by atoms with Crippen molar-refractivity contribution in [1.82, 2.24) is 5.32 Å². The minimum absolute atomic E-state index is 0.00218. The summed E-state index contributed by atoms with van der Waals surface area (Å²) in [5, 5.41) is 3.52. The molecule has 3 nitrogen and oxygen atoms in total. The summed E-state index contributed by atoms with van der Waals surface area (Å²) in [6.45, 7) is 8.25. The molecule has 2 bridgehead atoms. The summed E-state index contributed by atoms with van der Waals surface area (Å²) in [4.78, 5) is 0. The monoisotopic (exact) mass is 249 g/mol. The van der Waals surface area contributed by atoms with Crippen molar-refractivity contribution in [1.29, 1.82) is 0 Å². The summed E-state index contributed by atoms with van der Waals surface area (Å²) in [6.07, 6.45) is 5.33. The van der Waals surface area contributed by atoms with Crippen LogP contribution in [0, 0.1) is 17.3 Å². The van der Waals surface area contributed by atoms with Gasteiger partial charge in [-0.15, -0.1) is 0 Å².